The first-order valence-electron chi connectivity index (χ1n) is 40.6. The highest BCUT2D eigenvalue weighted by Gasteiger charge is 2.53. The molecule has 7 aromatic carbocycles. The highest BCUT2D eigenvalue weighted by atomic mass is 35.5. The summed E-state index contributed by atoms with van der Waals surface area (Å²) < 4.78 is 52.2. The number of carboxylic acid groups (broad SMARTS) is 1. The average Bonchev–Trinajstić information content (AvgIpc) is 0.752. The Morgan fingerprint density at radius 2 is 1.23 bits per heavy atom. The molecule has 0 aliphatic carbocycles. The molecule has 8 heterocycles. The van der Waals surface area contributed by atoms with Gasteiger partial charge in [0.1, 0.15) is 89.5 Å². The van der Waals surface area contributed by atoms with E-state index in [0.717, 1.165) is 59.2 Å². The molecule has 24 N–H and O–H groups in total. The summed E-state index contributed by atoms with van der Waals surface area (Å²) in [6.07, 6.45) is -22.7. The Morgan fingerprint density at radius 1 is 0.635 bits per heavy atom. The van der Waals surface area contributed by atoms with Gasteiger partial charge in [0, 0.05) is 58.7 Å². The number of phenols is 3. The van der Waals surface area contributed by atoms with Crippen LogP contribution >= 0.6 is 23.2 Å². The number of nitrogens with one attached hydrogen (secondary N) is 8. The van der Waals surface area contributed by atoms with Crippen molar-refractivity contribution in [3.8, 4) is 68.2 Å². The van der Waals surface area contributed by atoms with Crippen LogP contribution in [0.25, 0.3) is 22.3 Å². The Hall–Kier alpha value is -10.9. The SMILES string of the molecule is CN[C@H](CC(C)C)C(=O)N[C@H]1C(=O)N[C@@H](CC(N)=O)C(=O)N[C@H]2C(=O)N[C@H]3C(=O)N[C@H](C(=O)N[C@H](C(=O)O)c4cc(O)c(CNCc5ccc(-c6ccc(Cl)cc6)cc5)c(O)c4-c4cc3ccc4O)[C@H](O[C@H]3C[C@](C)(N)[C@@H](O)[C@H](C)O3)c3ccc(cc3)Oc3cc2cc(c3OC2O[C@H](CO)[C@@H](O)[C@H](O)[C@H]2O[C@H]2C[C@](C)(N)[C@@H](O)[C@H](C)O2)Oc2ccc(cc2Cl)[C@H]1O. The molecule has 11 bridgehead atoms. The number of primary amides is 1. The van der Waals surface area contributed by atoms with Crippen LogP contribution in [0, 0.1) is 5.92 Å². The molecule has 8 aliphatic rings. The molecule has 126 heavy (non-hydrogen) atoms. The maximum Gasteiger partial charge on any atom is 0.330 e. The zero-order valence-electron chi connectivity index (χ0n) is 69.2. The van der Waals surface area contributed by atoms with Gasteiger partial charge in [-0.15, -0.1) is 0 Å². The van der Waals surface area contributed by atoms with Crippen LogP contribution in [0.1, 0.15) is 137 Å². The van der Waals surface area contributed by atoms with Crippen LogP contribution in [0.15, 0.2) is 127 Å². The second kappa shape index (κ2) is 38.3. The molecular weight excluding hydrogens is 1690 g/mol. The van der Waals surface area contributed by atoms with Crippen LogP contribution in [0.4, 0.5) is 0 Å². The van der Waals surface area contributed by atoms with Crippen LogP contribution in [-0.2, 0) is 75.1 Å². The van der Waals surface area contributed by atoms with Gasteiger partial charge in [0.05, 0.1) is 54.1 Å². The Morgan fingerprint density at radius 3 is 1.83 bits per heavy atom. The summed E-state index contributed by atoms with van der Waals surface area (Å²) in [5, 5.41) is 140. The summed E-state index contributed by atoms with van der Waals surface area (Å²) in [6.45, 7) is 8.39. The van der Waals surface area contributed by atoms with Gasteiger partial charge in [0.15, 0.2) is 36.2 Å². The quantitative estimate of drug-likeness (QED) is 0.0520. The number of aliphatic hydroxyl groups excluding tert-OH is 6. The summed E-state index contributed by atoms with van der Waals surface area (Å²) in [4.78, 5) is 122. The number of carbonyl (C=O) groups is 8. The van der Waals surface area contributed by atoms with E-state index in [1.54, 1.807) is 12.1 Å². The number of likely N-dealkylation sites (N-methyl/N-ethyl adjacent to an activating group) is 1. The van der Waals surface area contributed by atoms with Crippen molar-refractivity contribution in [3.63, 3.8) is 0 Å². The highest BCUT2D eigenvalue weighted by molar-refractivity contribution is 6.32. The molecule has 0 saturated carbocycles. The first-order valence-corrected chi connectivity index (χ1v) is 41.4. The molecule has 1 unspecified atom stereocenters. The number of amides is 7. The summed E-state index contributed by atoms with van der Waals surface area (Å²) in [5.74, 6) is -15.7. The minimum Gasteiger partial charge on any atom is -0.507 e. The van der Waals surface area contributed by atoms with Crippen LogP contribution in [0.5, 0.6) is 46.0 Å². The van der Waals surface area contributed by atoms with Crippen molar-refractivity contribution in [2.75, 3.05) is 13.7 Å². The van der Waals surface area contributed by atoms with E-state index in [4.69, 9.17) is 78.3 Å². The average molecular weight is 1790 g/mol. The van der Waals surface area contributed by atoms with Crippen molar-refractivity contribution >= 4 is 70.5 Å². The fourth-order valence-corrected chi connectivity index (χ4v) is 16.6. The van der Waals surface area contributed by atoms with E-state index < -0.39 is 250 Å². The van der Waals surface area contributed by atoms with Gasteiger partial charge < -0.3 is 149 Å². The summed E-state index contributed by atoms with van der Waals surface area (Å²) in [7, 11) is 1.48. The maximum absolute atomic E-state index is 16.7. The van der Waals surface area contributed by atoms with Crippen LogP contribution in [0.3, 0.4) is 0 Å². The molecule has 3 saturated heterocycles. The Balaban J connectivity index is 1.03. The number of aromatic hydroxyl groups is 3. The van der Waals surface area contributed by atoms with Crippen molar-refractivity contribution in [2.45, 2.75) is 214 Å². The Bertz CT molecular complexity index is 5250. The summed E-state index contributed by atoms with van der Waals surface area (Å²) >= 11 is 13.4. The number of hydrogen-bond donors (Lipinski definition) is 21. The number of carboxylic acids is 1. The van der Waals surface area contributed by atoms with Crippen molar-refractivity contribution in [1.82, 2.24) is 42.5 Å². The van der Waals surface area contributed by atoms with E-state index in [-0.39, 0.29) is 77.0 Å². The minimum absolute atomic E-state index is 0.0562. The van der Waals surface area contributed by atoms with Gasteiger partial charge in [-0.25, -0.2) is 4.79 Å². The maximum atomic E-state index is 16.7. The number of hydrogen-bond acceptors (Lipinski definition) is 29. The topological polar surface area (TPSA) is 587 Å². The summed E-state index contributed by atoms with van der Waals surface area (Å²) in [6, 6.07) is 15.2. The number of aliphatic carboxylic acids is 1. The molecule has 37 nitrogen and oxygen atoms in total. The number of rotatable bonds is 20. The number of halogens is 2. The minimum atomic E-state index is -2.38. The second-order valence-electron chi connectivity index (χ2n) is 33.2. The van der Waals surface area contributed by atoms with E-state index in [2.05, 4.69) is 42.5 Å². The molecule has 8 aliphatic heterocycles. The van der Waals surface area contributed by atoms with E-state index in [0.29, 0.717) is 5.02 Å². The lowest BCUT2D eigenvalue weighted by molar-refractivity contribution is -0.333. The fourth-order valence-electron chi connectivity index (χ4n) is 16.2. The monoisotopic (exact) mass is 1790 g/mol. The molecule has 7 amide bonds. The molecule has 3 fully saturated rings. The smallest absolute Gasteiger partial charge is 0.330 e. The van der Waals surface area contributed by atoms with Crippen LogP contribution in [0.2, 0.25) is 10.0 Å². The van der Waals surface area contributed by atoms with Crippen molar-refractivity contribution < 1.29 is 127 Å². The lowest BCUT2D eigenvalue weighted by atomic mass is 9.86. The number of ether oxygens (including phenoxy) is 8. The van der Waals surface area contributed by atoms with E-state index >= 15 is 24.0 Å². The molecule has 0 radical (unpaired) electrons. The Labute approximate surface area is 731 Å². The molecule has 15 rings (SSSR count). The molecule has 674 valence electrons. The third-order valence-electron chi connectivity index (χ3n) is 23.1. The number of fused-ring (bicyclic) bond motifs is 15. The van der Waals surface area contributed by atoms with E-state index in [1.165, 1.54) is 71.1 Å². The zero-order valence-corrected chi connectivity index (χ0v) is 70.7. The van der Waals surface area contributed by atoms with E-state index in [9.17, 15) is 65.4 Å². The van der Waals surface area contributed by atoms with Crippen LogP contribution in [-0.4, -0.2) is 215 Å². The molecule has 0 spiro atoms. The number of benzene rings is 7. The molecule has 0 aromatic heterocycles. The van der Waals surface area contributed by atoms with Crippen molar-refractivity contribution in [1.29, 1.82) is 0 Å². The Kier molecular flexibility index (Phi) is 28.2. The second-order valence-corrected chi connectivity index (χ2v) is 34.0. The normalized spacial score (nSPS) is 29.6. The lowest BCUT2D eigenvalue weighted by Crippen LogP contribution is -2.64. The fraction of sp³-hybridized carbons (Fsp3) is 0.425. The van der Waals surface area contributed by atoms with Gasteiger partial charge in [0.25, 0.3) is 0 Å². The predicted octanol–water partition coefficient (Wildman–Crippen LogP) is 3.30. The lowest BCUT2D eigenvalue weighted by Gasteiger charge is -2.47. The number of carbonyl (C=O) groups excluding carboxylic acids is 7. The van der Waals surface area contributed by atoms with Crippen LogP contribution < -0.4 is 73.9 Å². The highest BCUT2D eigenvalue weighted by Crippen LogP contribution is 2.51. The van der Waals surface area contributed by atoms with Gasteiger partial charge >= 0.3 is 5.97 Å². The molecule has 39 heteroatoms. The van der Waals surface area contributed by atoms with E-state index in [1.807, 2.05) is 50.2 Å². The standard InChI is InChI=1S/C87H101Cl2N11O26/c1-36(2)24-52(93-7)78(111)99-67-69(105)44-17-23-56(51(89)26-44)122-58-28-45-27-57(74(58)126-85-75(72(108)71(107)59(35-101)123-85)125-62-32-87(6,92)77(110)38(4)120-62)121-47-20-14-42(15-21-47)73(124-61-31-86(5,91)76(109)37(3)119-61)68-83(116)98-66(84(117)118)49-29-55(103)50(34-94-33-39-8-10-40(11-9-39)41-12-18-46(88)19-13-41)70(106)63(49)48-25-43(16-22-54(48)102)64(80(113)100-68)97-81(114)65(45)96-79(112)53(30-60(90)104)95-82(67)115/h8-23,25-29,36-38,52-53,59,61-62,64-69,71-73,75-77,85,93-94,101-103,105-110H,24,30-35,91-92H2,1-7H3,(H2,90,104)(H,95,115)(H,96,112)(H,97,114)(H,98,116)(H,99,111)(H,100,113)(H,117,118)/t37-,38-,52+,53-,59+,61-,62-,64+,65+,66-,67+,68-,69+,71+,72-,73+,75+,76-,77-,85?,86-,87-/m0/s1. The number of aliphatic hydroxyl groups is 6. The number of nitrogens with two attached hydrogens (primary N) is 3. The summed E-state index contributed by atoms with van der Waals surface area (Å²) in [5.41, 5.74) is 15.8. The molecule has 7 aromatic rings. The third kappa shape index (κ3) is 20.2. The van der Waals surface area contributed by atoms with Crippen molar-refractivity contribution in [2.24, 2.45) is 23.1 Å². The first kappa shape index (κ1) is 92.7. The molecular formula is C87H101Cl2N11O26. The van der Waals surface area contributed by atoms with Gasteiger partial charge in [-0.1, -0.05) is 97.7 Å². The zero-order chi connectivity index (χ0) is 91.0. The van der Waals surface area contributed by atoms with Crippen molar-refractivity contribution in [3.05, 3.63) is 176 Å². The van der Waals surface area contributed by atoms with Gasteiger partial charge in [-0.2, -0.15) is 0 Å². The third-order valence-corrected chi connectivity index (χ3v) is 23.7. The number of phenolic OH excluding ortho intramolecular Hbond substituents is 3. The first-order chi connectivity index (χ1) is 59.7. The largest absolute Gasteiger partial charge is 0.507 e. The predicted molar refractivity (Wildman–Crippen MR) is 448 cm³/mol. The van der Waals surface area contributed by atoms with Gasteiger partial charge in [-0.3, -0.25) is 33.6 Å². The van der Waals surface area contributed by atoms with Gasteiger partial charge in [-0.05, 0) is 153 Å². The molecule has 22 atom stereocenters. The van der Waals surface area contributed by atoms with Gasteiger partial charge in [0.2, 0.25) is 53.4 Å².